The Labute approximate surface area is 287 Å². The first-order valence-electron chi connectivity index (χ1n) is 16.3. The third kappa shape index (κ3) is 12.5. The van der Waals surface area contributed by atoms with Crippen LogP contribution in [-0.4, -0.2) is 71.2 Å². The topological polar surface area (TPSA) is 185 Å². The molecule has 1 aliphatic rings. The zero-order valence-electron chi connectivity index (χ0n) is 28.3. The van der Waals surface area contributed by atoms with E-state index >= 15 is 0 Å². The molecule has 5 N–H and O–H groups in total. The molecular formula is C34H43F3N6O7. The molecule has 272 valence electrons. The highest BCUT2D eigenvalue weighted by Gasteiger charge is 2.37. The van der Waals surface area contributed by atoms with E-state index in [1.54, 1.807) is 58.0 Å². The number of ketones is 1. The molecule has 1 saturated heterocycles. The Morgan fingerprint density at radius 1 is 0.880 bits per heavy atom. The zero-order valence-corrected chi connectivity index (χ0v) is 28.3. The number of hydrogen-bond acceptors (Lipinski definition) is 8. The van der Waals surface area contributed by atoms with Gasteiger partial charge in [0.2, 0.25) is 23.5 Å². The third-order valence-electron chi connectivity index (χ3n) is 7.63. The summed E-state index contributed by atoms with van der Waals surface area (Å²) < 4.78 is 45.4. The van der Waals surface area contributed by atoms with Crippen LogP contribution in [0.25, 0.3) is 0 Å². The van der Waals surface area contributed by atoms with E-state index in [4.69, 9.17) is 4.74 Å². The second kappa shape index (κ2) is 18.1. The number of benzene rings is 1. The molecule has 1 aromatic heterocycles. The predicted octanol–water partition coefficient (Wildman–Crippen LogP) is 2.57. The molecule has 1 fully saturated rings. The average molecular weight is 705 g/mol. The quantitative estimate of drug-likeness (QED) is 0.165. The number of amides is 5. The van der Waals surface area contributed by atoms with E-state index in [1.807, 2.05) is 0 Å². The van der Waals surface area contributed by atoms with Crippen molar-refractivity contribution in [3.63, 3.8) is 0 Å². The fraction of sp³-hybridized carbons (Fsp3) is 0.500. The molecule has 0 spiro atoms. The van der Waals surface area contributed by atoms with Crippen LogP contribution in [0.3, 0.4) is 0 Å². The van der Waals surface area contributed by atoms with Crippen molar-refractivity contribution in [2.24, 2.45) is 11.8 Å². The van der Waals surface area contributed by atoms with Crippen molar-refractivity contribution in [3.8, 4) is 0 Å². The van der Waals surface area contributed by atoms with Gasteiger partial charge in [-0.25, -0.2) is 9.78 Å². The van der Waals surface area contributed by atoms with Crippen molar-refractivity contribution in [2.45, 2.75) is 90.3 Å². The Kier molecular flexibility index (Phi) is 14.3. The van der Waals surface area contributed by atoms with Gasteiger partial charge in [0.15, 0.2) is 0 Å². The van der Waals surface area contributed by atoms with Crippen LogP contribution < -0.4 is 26.6 Å². The first kappa shape index (κ1) is 39.4. The van der Waals surface area contributed by atoms with Gasteiger partial charge in [-0.05, 0) is 56.7 Å². The molecule has 50 heavy (non-hydrogen) atoms. The van der Waals surface area contributed by atoms with Crippen LogP contribution in [-0.2, 0) is 47.9 Å². The molecule has 5 amide bonds. The summed E-state index contributed by atoms with van der Waals surface area (Å²) >= 11 is 0. The number of carbonyl (C=O) groups excluding carboxylic acids is 6. The zero-order chi connectivity index (χ0) is 37.0. The number of alkyl carbamates (subject to hydrolysis) is 1. The molecule has 13 nitrogen and oxygen atoms in total. The number of hydrogen-bond donors (Lipinski definition) is 5. The van der Waals surface area contributed by atoms with Gasteiger partial charge in [-0.3, -0.25) is 24.0 Å². The molecule has 16 heteroatoms. The molecule has 0 bridgehead atoms. The average Bonchev–Trinajstić information content (AvgIpc) is 3.45. The van der Waals surface area contributed by atoms with Crippen LogP contribution in [0.4, 0.5) is 18.0 Å². The van der Waals surface area contributed by atoms with Gasteiger partial charge in [0.25, 0.3) is 5.91 Å². The summed E-state index contributed by atoms with van der Waals surface area (Å²) in [5.41, 5.74) is -0.742. The second-order valence-corrected chi connectivity index (χ2v) is 12.7. The van der Waals surface area contributed by atoms with Crippen LogP contribution >= 0.6 is 0 Å². The van der Waals surface area contributed by atoms with Crippen molar-refractivity contribution >= 4 is 35.5 Å². The maximum Gasteiger partial charge on any atom is 0.433 e. The highest BCUT2D eigenvalue weighted by molar-refractivity contribution is 6.38. The van der Waals surface area contributed by atoms with Crippen molar-refractivity contribution < 1.29 is 46.7 Å². The maximum absolute atomic E-state index is 13.7. The molecule has 0 saturated carbocycles. The van der Waals surface area contributed by atoms with Crippen LogP contribution in [0.5, 0.6) is 0 Å². The Hall–Kier alpha value is -5.02. The number of carbonyl (C=O) groups is 6. The van der Waals surface area contributed by atoms with Gasteiger partial charge >= 0.3 is 12.3 Å². The summed E-state index contributed by atoms with van der Waals surface area (Å²) in [6.07, 6.45) is -6.07. The van der Waals surface area contributed by atoms with Crippen LogP contribution in [0.1, 0.15) is 63.9 Å². The van der Waals surface area contributed by atoms with E-state index in [0.29, 0.717) is 18.5 Å². The van der Waals surface area contributed by atoms with E-state index in [2.05, 4.69) is 31.6 Å². The lowest BCUT2D eigenvalue weighted by Crippen LogP contribution is -2.58. The Morgan fingerprint density at radius 2 is 1.54 bits per heavy atom. The highest BCUT2D eigenvalue weighted by atomic mass is 19.4. The van der Waals surface area contributed by atoms with Gasteiger partial charge in [0.1, 0.15) is 24.4 Å². The normalized spacial score (nSPS) is 16.2. The lowest BCUT2D eigenvalue weighted by molar-refractivity contribution is -0.141. The fourth-order valence-corrected chi connectivity index (χ4v) is 5.20. The summed E-state index contributed by atoms with van der Waals surface area (Å²) in [7, 11) is 0. The molecule has 1 aliphatic heterocycles. The standard InChI is InChI=1S/C34H43F3N6O7/c1-19(2)15-25(30(46)41-24(16-22-13-14-38-29(22)45)28(44)32(48)39-20(3)4)42-31(47)26(17-23-11-8-12-27(40-23)34(35,36)37)43-33(49)50-18-21-9-6-5-7-10-21/h5-12,19-20,22,24-26H,13-18H2,1-4H3,(H,38,45)(H,39,48)(H,41,46)(H,42,47)(H,43,49)/t22-,24-,25-,26-/m0/s1. The minimum atomic E-state index is -4.77. The highest BCUT2D eigenvalue weighted by Crippen LogP contribution is 2.27. The number of rotatable bonds is 16. The summed E-state index contributed by atoms with van der Waals surface area (Å²) in [6, 6.07) is 7.08. The summed E-state index contributed by atoms with van der Waals surface area (Å²) in [4.78, 5) is 81.9. The number of nitrogens with zero attached hydrogens (tertiary/aromatic N) is 1. The van der Waals surface area contributed by atoms with E-state index < -0.39 is 71.9 Å². The van der Waals surface area contributed by atoms with Crippen LogP contribution in [0, 0.1) is 11.8 Å². The first-order valence-corrected chi connectivity index (χ1v) is 16.3. The molecule has 1 aromatic carbocycles. The Balaban J connectivity index is 1.85. The van der Waals surface area contributed by atoms with Crippen LogP contribution in [0.15, 0.2) is 48.5 Å². The third-order valence-corrected chi connectivity index (χ3v) is 7.63. The minimum absolute atomic E-state index is 0.0353. The van der Waals surface area contributed by atoms with Gasteiger partial charge in [-0.2, -0.15) is 13.2 Å². The second-order valence-electron chi connectivity index (χ2n) is 12.7. The lowest BCUT2D eigenvalue weighted by Gasteiger charge is -2.26. The van der Waals surface area contributed by atoms with E-state index in [1.165, 1.54) is 6.07 Å². The van der Waals surface area contributed by atoms with Crippen molar-refractivity contribution in [3.05, 3.63) is 65.5 Å². The Bertz CT molecular complexity index is 1520. The van der Waals surface area contributed by atoms with Gasteiger partial charge < -0.3 is 31.3 Å². The van der Waals surface area contributed by atoms with Gasteiger partial charge in [0, 0.05) is 30.6 Å². The molecule has 2 aromatic rings. The van der Waals surface area contributed by atoms with Crippen molar-refractivity contribution in [1.82, 2.24) is 31.6 Å². The minimum Gasteiger partial charge on any atom is -0.445 e. The van der Waals surface area contributed by atoms with Gasteiger partial charge in [-0.15, -0.1) is 0 Å². The number of aromatic nitrogens is 1. The van der Waals surface area contributed by atoms with Crippen molar-refractivity contribution in [1.29, 1.82) is 0 Å². The molecule has 0 unspecified atom stereocenters. The number of halogens is 3. The molecule has 2 heterocycles. The number of ether oxygens (including phenoxy) is 1. The summed E-state index contributed by atoms with van der Waals surface area (Å²) in [6.45, 7) is 7.02. The number of nitrogens with one attached hydrogen (secondary N) is 5. The lowest BCUT2D eigenvalue weighted by atomic mass is 9.94. The summed E-state index contributed by atoms with van der Waals surface area (Å²) in [5, 5.41) is 12.6. The van der Waals surface area contributed by atoms with E-state index in [0.717, 1.165) is 12.1 Å². The largest absolute Gasteiger partial charge is 0.445 e. The maximum atomic E-state index is 13.7. The SMILES string of the molecule is CC(C)C[C@H](NC(=O)[C@H](Cc1cccc(C(F)(F)F)n1)NC(=O)OCc1ccccc1)C(=O)N[C@@H](C[C@@H]1CCNC1=O)C(=O)C(=O)NC(C)C. The van der Waals surface area contributed by atoms with Gasteiger partial charge in [0.05, 0.1) is 6.04 Å². The fourth-order valence-electron chi connectivity index (χ4n) is 5.20. The number of alkyl halides is 3. The molecular weight excluding hydrogens is 661 g/mol. The number of pyridine rings is 1. The van der Waals surface area contributed by atoms with E-state index in [9.17, 15) is 41.9 Å². The van der Waals surface area contributed by atoms with E-state index in [-0.39, 0.29) is 43.0 Å². The molecule has 0 radical (unpaired) electrons. The van der Waals surface area contributed by atoms with Crippen LogP contribution in [0.2, 0.25) is 0 Å². The molecule has 3 rings (SSSR count). The number of Topliss-reactive ketones (excluding diaryl/α,β-unsaturated/α-hetero) is 1. The van der Waals surface area contributed by atoms with Gasteiger partial charge in [-0.1, -0.05) is 50.2 Å². The Morgan fingerprint density at radius 3 is 2.14 bits per heavy atom. The smallest absolute Gasteiger partial charge is 0.433 e. The summed E-state index contributed by atoms with van der Waals surface area (Å²) in [5.74, 6) is -4.90. The van der Waals surface area contributed by atoms with Crippen molar-refractivity contribution in [2.75, 3.05) is 6.54 Å². The monoisotopic (exact) mass is 704 g/mol. The molecule has 4 atom stereocenters. The predicted molar refractivity (Wildman–Crippen MR) is 174 cm³/mol. The first-order chi connectivity index (χ1) is 23.5. The molecule has 0 aliphatic carbocycles.